The summed E-state index contributed by atoms with van der Waals surface area (Å²) in [5.74, 6) is 0. The van der Waals surface area contributed by atoms with Crippen LogP contribution in [0.5, 0.6) is 0 Å². The lowest BCUT2D eigenvalue weighted by atomic mass is 10.4. The summed E-state index contributed by atoms with van der Waals surface area (Å²) in [6.45, 7) is 8.31. The van der Waals surface area contributed by atoms with Crippen LogP contribution in [0.15, 0.2) is 45.9 Å². The van der Waals surface area contributed by atoms with E-state index in [2.05, 4.69) is 76.8 Å². The van der Waals surface area contributed by atoms with E-state index >= 15 is 0 Å². The second-order valence-corrected chi connectivity index (χ2v) is 15.0. The lowest BCUT2D eigenvalue weighted by Gasteiger charge is -2.15. The molecule has 28 heavy (non-hydrogen) atoms. The summed E-state index contributed by atoms with van der Waals surface area (Å²) in [4.78, 5) is 8.43. The number of nitrogens with one attached hydrogen (secondary N) is 1. The van der Waals surface area contributed by atoms with Crippen molar-refractivity contribution in [1.82, 2.24) is 29.9 Å². The molecule has 0 unspecified atom stereocenters. The van der Waals surface area contributed by atoms with Crippen LogP contribution in [0.2, 0.25) is 25.7 Å². The van der Waals surface area contributed by atoms with Gasteiger partial charge in [-0.1, -0.05) is 19.6 Å². The van der Waals surface area contributed by atoms with Crippen molar-refractivity contribution in [3.63, 3.8) is 0 Å². The summed E-state index contributed by atoms with van der Waals surface area (Å²) in [5, 5.41) is 12.9. The standard InChI is InChI=1S/C12H18BrN3OSi.C6H4BrN3/c1-18(2,3)5-4-17-9-16-12-10(7-15-16)6-11(13)8-14-12;7-5-1-4-2-9-10-6(4)8-3-5/h6-8H,4-5,9H2,1-3H3;1-3H,(H,8,9,10). The van der Waals surface area contributed by atoms with Gasteiger partial charge in [-0.3, -0.25) is 5.10 Å². The second-order valence-electron chi connectivity index (χ2n) is 7.52. The lowest BCUT2D eigenvalue weighted by Crippen LogP contribution is -2.22. The van der Waals surface area contributed by atoms with E-state index < -0.39 is 8.07 Å². The van der Waals surface area contributed by atoms with E-state index in [1.165, 1.54) is 6.04 Å². The summed E-state index contributed by atoms with van der Waals surface area (Å²) in [6, 6.07) is 5.14. The molecule has 0 radical (unpaired) electrons. The Morgan fingerprint density at radius 2 is 1.71 bits per heavy atom. The summed E-state index contributed by atoms with van der Waals surface area (Å²) >= 11 is 6.71. The first-order valence-electron chi connectivity index (χ1n) is 8.81. The average molecular weight is 526 g/mol. The van der Waals surface area contributed by atoms with Crippen LogP contribution in [0.25, 0.3) is 22.1 Å². The van der Waals surface area contributed by atoms with E-state index in [0.29, 0.717) is 6.73 Å². The number of aromatic nitrogens is 6. The Morgan fingerprint density at radius 1 is 1.00 bits per heavy atom. The molecule has 0 aromatic carbocycles. The molecule has 0 aliphatic heterocycles. The van der Waals surface area contributed by atoms with Gasteiger partial charge in [0.25, 0.3) is 0 Å². The number of hydrogen-bond acceptors (Lipinski definition) is 5. The van der Waals surface area contributed by atoms with Gasteiger partial charge in [-0.15, -0.1) is 0 Å². The fraction of sp³-hybridized carbons (Fsp3) is 0.333. The first kappa shape index (κ1) is 21.1. The number of H-pyrrole nitrogens is 1. The molecule has 148 valence electrons. The highest BCUT2D eigenvalue weighted by atomic mass is 79.9. The Hall–Kier alpha value is -1.62. The van der Waals surface area contributed by atoms with E-state index in [1.807, 2.05) is 18.3 Å². The van der Waals surface area contributed by atoms with Gasteiger partial charge in [0.1, 0.15) is 6.73 Å². The normalized spacial score (nSPS) is 11.6. The topological polar surface area (TPSA) is 81.5 Å². The summed E-state index contributed by atoms with van der Waals surface area (Å²) in [6.07, 6.45) is 7.07. The number of nitrogens with zero attached hydrogens (tertiary/aromatic N) is 5. The highest BCUT2D eigenvalue weighted by Crippen LogP contribution is 2.17. The minimum atomic E-state index is -1.02. The van der Waals surface area contributed by atoms with Gasteiger partial charge in [0.05, 0.1) is 12.4 Å². The molecule has 0 spiro atoms. The van der Waals surface area contributed by atoms with E-state index in [0.717, 1.165) is 37.6 Å². The van der Waals surface area contributed by atoms with Gasteiger partial charge in [-0.05, 0) is 50.0 Å². The largest absolute Gasteiger partial charge is 0.359 e. The fourth-order valence-corrected chi connectivity index (χ4v) is 3.83. The molecule has 0 aliphatic carbocycles. The number of aromatic amines is 1. The molecule has 0 saturated heterocycles. The maximum absolute atomic E-state index is 5.68. The molecule has 1 N–H and O–H groups in total. The second kappa shape index (κ2) is 9.25. The Bertz CT molecular complexity index is 1060. The first-order valence-corrected chi connectivity index (χ1v) is 14.1. The molecule has 0 saturated carbocycles. The number of halogens is 2. The third-order valence-electron chi connectivity index (χ3n) is 3.91. The van der Waals surface area contributed by atoms with Crippen LogP contribution in [0.3, 0.4) is 0 Å². The number of hydrogen-bond donors (Lipinski definition) is 1. The summed E-state index contributed by atoms with van der Waals surface area (Å²) < 4.78 is 9.41. The predicted octanol–water partition coefficient (Wildman–Crippen LogP) is 5.23. The lowest BCUT2D eigenvalue weighted by molar-refractivity contribution is 0.0813. The quantitative estimate of drug-likeness (QED) is 0.285. The zero-order valence-electron chi connectivity index (χ0n) is 16.0. The molecule has 4 aromatic rings. The van der Waals surface area contributed by atoms with Gasteiger partial charge >= 0.3 is 0 Å². The van der Waals surface area contributed by atoms with Crippen LogP contribution in [-0.2, 0) is 11.5 Å². The molecule has 7 nitrogen and oxygen atoms in total. The van der Waals surface area contributed by atoms with E-state index in [9.17, 15) is 0 Å². The minimum Gasteiger partial charge on any atom is -0.359 e. The molecular weight excluding hydrogens is 504 g/mol. The van der Waals surface area contributed by atoms with Crippen LogP contribution in [0, 0.1) is 0 Å². The third kappa shape index (κ3) is 5.93. The number of fused-ring (bicyclic) bond motifs is 2. The number of rotatable bonds is 5. The third-order valence-corrected chi connectivity index (χ3v) is 6.48. The van der Waals surface area contributed by atoms with Gasteiger partial charge in [-0.25, -0.2) is 14.6 Å². The van der Waals surface area contributed by atoms with Crippen molar-refractivity contribution in [2.75, 3.05) is 6.61 Å². The Morgan fingerprint density at radius 3 is 2.46 bits per heavy atom. The zero-order chi connectivity index (χ0) is 20.1. The van der Waals surface area contributed by atoms with Gasteiger partial charge in [-0.2, -0.15) is 10.2 Å². The van der Waals surface area contributed by atoms with Crippen molar-refractivity contribution in [1.29, 1.82) is 0 Å². The van der Waals surface area contributed by atoms with Crippen molar-refractivity contribution < 1.29 is 4.74 Å². The highest BCUT2D eigenvalue weighted by molar-refractivity contribution is 9.10. The van der Waals surface area contributed by atoms with Gasteiger partial charge in [0.2, 0.25) is 0 Å². The fourth-order valence-electron chi connectivity index (χ4n) is 2.38. The van der Waals surface area contributed by atoms with Crippen LogP contribution in [-0.4, -0.2) is 44.6 Å². The zero-order valence-corrected chi connectivity index (χ0v) is 20.2. The van der Waals surface area contributed by atoms with Gasteiger partial charge in [0.15, 0.2) is 11.3 Å². The number of ether oxygens (including phenoxy) is 1. The monoisotopic (exact) mass is 524 g/mol. The molecule has 4 rings (SSSR count). The molecule has 0 bridgehead atoms. The maximum atomic E-state index is 5.68. The Kier molecular flexibility index (Phi) is 6.97. The van der Waals surface area contributed by atoms with Crippen molar-refractivity contribution in [2.45, 2.75) is 32.4 Å². The summed E-state index contributed by atoms with van der Waals surface area (Å²) in [7, 11) is -1.02. The van der Waals surface area contributed by atoms with E-state index in [4.69, 9.17) is 4.74 Å². The molecule has 0 aliphatic rings. The van der Waals surface area contributed by atoms with Gasteiger partial charge in [0, 0.05) is 46.8 Å². The molecule has 10 heteroatoms. The molecule has 0 atom stereocenters. The van der Waals surface area contributed by atoms with Gasteiger partial charge < -0.3 is 4.74 Å². The van der Waals surface area contributed by atoms with Crippen LogP contribution >= 0.6 is 31.9 Å². The molecule has 4 aromatic heterocycles. The maximum Gasteiger partial charge on any atom is 0.160 e. The van der Waals surface area contributed by atoms with Crippen molar-refractivity contribution >= 4 is 62.0 Å². The van der Waals surface area contributed by atoms with Crippen LogP contribution in [0.1, 0.15) is 0 Å². The number of pyridine rings is 2. The van der Waals surface area contributed by atoms with E-state index in [-0.39, 0.29) is 0 Å². The molecule has 0 amide bonds. The highest BCUT2D eigenvalue weighted by Gasteiger charge is 2.12. The first-order chi connectivity index (χ1) is 13.3. The summed E-state index contributed by atoms with van der Waals surface area (Å²) in [5.41, 5.74) is 1.69. The van der Waals surface area contributed by atoms with Crippen LogP contribution in [0.4, 0.5) is 0 Å². The van der Waals surface area contributed by atoms with Crippen molar-refractivity contribution in [2.24, 2.45) is 0 Å². The predicted molar refractivity (Wildman–Crippen MR) is 121 cm³/mol. The van der Waals surface area contributed by atoms with Crippen molar-refractivity contribution in [3.8, 4) is 0 Å². The van der Waals surface area contributed by atoms with Crippen molar-refractivity contribution in [3.05, 3.63) is 45.9 Å². The van der Waals surface area contributed by atoms with E-state index in [1.54, 1.807) is 23.3 Å². The smallest absolute Gasteiger partial charge is 0.160 e. The molecule has 0 fully saturated rings. The SMILES string of the molecule is Brc1cnc2[nH]ncc2c1.C[Si](C)(C)CCOCn1ncc2cc(Br)cnc21. The average Bonchev–Trinajstić information content (AvgIpc) is 3.24. The minimum absolute atomic E-state index is 0.475. The Labute approximate surface area is 181 Å². The molecular formula is C18H22Br2N6OSi. The van der Waals surface area contributed by atoms with Crippen LogP contribution < -0.4 is 0 Å². The Balaban J connectivity index is 0.000000188. The molecule has 4 heterocycles.